The average molecular weight is 488 g/mol. The van der Waals surface area contributed by atoms with Gasteiger partial charge in [-0.25, -0.2) is 0 Å². The summed E-state index contributed by atoms with van der Waals surface area (Å²) in [5, 5.41) is 0.927. The minimum atomic E-state index is -0.106. The molecule has 1 heterocycles. The van der Waals surface area contributed by atoms with Crippen LogP contribution in [0.2, 0.25) is 0 Å². The minimum absolute atomic E-state index is 0.106. The molecular formula is C32H41NOS. The van der Waals surface area contributed by atoms with E-state index in [1.807, 2.05) is 52.0 Å². The molecule has 2 rings (SSSR count). The molecule has 1 aromatic rings. The molecule has 1 aliphatic rings. The molecule has 0 spiro atoms. The van der Waals surface area contributed by atoms with E-state index >= 15 is 0 Å². The fourth-order valence-corrected chi connectivity index (χ4v) is 4.75. The molecule has 0 aromatic heterocycles. The first-order valence-electron chi connectivity index (χ1n) is 12.6. The molecule has 0 radical (unpaired) electrons. The second-order valence-electron chi connectivity index (χ2n) is 7.85. The van der Waals surface area contributed by atoms with Crippen molar-refractivity contribution in [2.75, 3.05) is 11.4 Å². The van der Waals surface area contributed by atoms with E-state index in [0.717, 1.165) is 51.7 Å². The Kier molecular flexibility index (Phi) is 13.6. The van der Waals surface area contributed by atoms with Gasteiger partial charge in [-0.1, -0.05) is 99.5 Å². The van der Waals surface area contributed by atoms with E-state index in [0.29, 0.717) is 5.57 Å². The number of benzene rings is 1. The Labute approximate surface area is 217 Å². The number of rotatable bonds is 9. The van der Waals surface area contributed by atoms with E-state index in [4.69, 9.17) is 0 Å². The highest BCUT2D eigenvalue weighted by Gasteiger charge is 2.30. The van der Waals surface area contributed by atoms with Gasteiger partial charge >= 0.3 is 0 Å². The maximum atomic E-state index is 13.6. The number of fused-ring (bicyclic) bond motifs is 1. The molecule has 35 heavy (non-hydrogen) atoms. The molecule has 0 saturated heterocycles. The molecule has 186 valence electrons. The van der Waals surface area contributed by atoms with Gasteiger partial charge < -0.3 is 4.90 Å². The number of nitrogens with zero attached hydrogens (tertiary/aromatic N) is 1. The van der Waals surface area contributed by atoms with Crippen molar-refractivity contribution in [3.8, 4) is 0 Å². The molecule has 0 fully saturated rings. The Morgan fingerprint density at radius 1 is 1.09 bits per heavy atom. The first kappa shape index (κ1) is 30.1. The number of carbonyl (C=O) groups excluding carboxylic acids is 1. The minimum Gasteiger partial charge on any atom is -0.335 e. The topological polar surface area (TPSA) is 20.3 Å². The zero-order valence-electron chi connectivity index (χ0n) is 22.8. The fourth-order valence-electron chi connectivity index (χ4n) is 3.45. The molecule has 1 aromatic carbocycles. The van der Waals surface area contributed by atoms with Gasteiger partial charge in [0.15, 0.2) is 5.78 Å². The van der Waals surface area contributed by atoms with E-state index in [1.54, 1.807) is 11.8 Å². The van der Waals surface area contributed by atoms with Crippen LogP contribution in [-0.2, 0) is 4.79 Å². The molecule has 0 aliphatic carbocycles. The van der Waals surface area contributed by atoms with Crippen LogP contribution < -0.4 is 4.90 Å². The first-order valence-corrected chi connectivity index (χ1v) is 13.4. The van der Waals surface area contributed by atoms with E-state index in [9.17, 15) is 4.79 Å². The molecule has 3 heteroatoms. The highest BCUT2D eigenvalue weighted by molar-refractivity contribution is 8.03. The van der Waals surface area contributed by atoms with Crippen molar-refractivity contribution in [1.82, 2.24) is 0 Å². The zero-order chi connectivity index (χ0) is 26.4. The summed E-state index contributed by atoms with van der Waals surface area (Å²) in [4.78, 5) is 16.9. The summed E-state index contributed by atoms with van der Waals surface area (Å²) >= 11 is 1.63. The predicted octanol–water partition coefficient (Wildman–Crippen LogP) is 9.51. The first-order chi connectivity index (χ1) is 16.9. The summed E-state index contributed by atoms with van der Waals surface area (Å²) in [5.74, 6) is -0.106. The lowest BCUT2D eigenvalue weighted by atomic mass is 9.94. The van der Waals surface area contributed by atoms with Crippen molar-refractivity contribution in [2.45, 2.75) is 73.1 Å². The molecule has 0 amide bonds. The maximum Gasteiger partial charge on any atom is 0.197 e. The normalized spacial score (nSPS) is 14.5. The van der Waals surface area contributed by atoms with E-state index in [-0.39, 0.29) is 5.78 Å². The summed E-state index contributed by atoms with van der Waals surface area (Å²) in [6.45, 7) is 21.5. The van der Waals surface area contributed by atoms with Crippen LogP contribution in [0.1, 0.15) is 68.2 Å². The summed E-state index contributed by atoms with van der Waals surface area (Å²) in [5.41, 5.74) is 11.8. The van der Waals surface area contributed by atoms with Crippen LogP contribution in [-0.4, -0.2) is 12.3 Å². The van der Waals surface area contributed by atoms with Crippen molar-refractivity contribution in [2.24, 2.45) is 0 Å². The summed E-state index contributed by atoms with van der Waals surface area (Å²) in [6.07, 6.45) is 11.4. The average Bonchev–Trinajstić information content (AvgIpc) is 3.23. The SMILES string of the molecule is C=C(/C(=C/C=C(/C)CC)CC)/C(C(=O)C=C=C=C(C)/C=C\C)=C1\Sc2ccccc2N1CC.CC. The fraction of sp³-hybridized carbons (Fsp3) is 0.344. The third-order valence-electron chi connectivity index (χ3n) is 5.47. The van der Waals surface area contributed by atoms with Crippen molar-refractivity contribution in [1.29, 1.82) is 0 Å². The van der Waals surface area contributed by atoms with Crippen molar-refractivity contribution < 1.29 is 4.79 Å². The second kappa shape index (κ2) is 15.8. The molecule has 2 nitrogen and oxygen atoms in total. The molecule has 0 saturated carbocycles. The second-order valence-corrected chi connectivity index (χ2v) is 8.88. The zero-order valence-corrected chi connectivity index (χ0v) is 23.6. The Hall–Kier alpha value is -2.96. The predicted molar refractivity (Wildman–Crippen MR) is 156 cm³/mol. The van der Waals surface area contributed by atoms with Gasteiger partial charge in [-0.05, 0) is 69.4 Å². The van der Waals surface area contributed by atoms with Crippen molar-refractivity contribution >= 4 is 23.2 Å². The third kappa shape index (κ3) is 8.34. The number of thioether (sulfide) groups is 1. The van der Waals surface area contributed by atoms with Crippen LogP contribution in [0, 0.1) is 0 Å². The quantitative estimate of drug-likeness (QED) is 0.196. The number of ketones is 1. The van der Waals surface area contributed by atoms with Crippen LogP contribution in [0.25, 0.3) is 0 Å². The van der Waals surface area contributed by atoms with E-state index in [1.165, 1.54) is 11.6 Å². The molecule has 0 N–H and O–H groups in total. The van der Waals surface area contributed by atoms with Gasteiger partial charge in [0, 0.05) is 17.5 Å². The molecule has 1 aliphatic heterocycles. The Morgan fingerprint density at radius 3 is 2.37 bits per heavy atom. The van der Waals surface area contributed by atoms with Crippen LogP contribution in [0.5, 0.6) is 0 Å². The smallest absolute Gasteiger partial charge is 0.197 e. The highest BCUT2D eigenvalue weighted by atomic mass is 32.2. The van der Waals surface area contributed by atoms with Gasteiger partial charge in [0.05, 0.1) is 16.3 Å². The summed E-state index contributed by atoms with van der Waals surface area (Å²) in [7, 11) is 0. The van der Waals surface area contributed by atoms with E-state index < -0.39 is 0 Å². The van der Waals surface area contributed by atoms with Gasteiger partial charge in [0.25, 0.3) is 0 Å². The lowest BCUT2D eigenvalue weighted by molar-refractivity contribution is -0.111. The van der Waals surface area contributed by atoms with E-state index in [2.05, 4.69) is 74.9 Å². The van der Waals surface area contributed by atoms with Crippen LogP contribution >= 0.6 is 11.8 Å². The monoisotopic (exact) mass is 487 g/mol. The van der Waals surface area contributed by atoms with Gasteiger partial charge in [-0.3, -0.25) is 4.79 Å². The number of hydrogen-bond acceptors (Lipinski definition) is 3. The maximum absolute atomic E-state index is 13.6. The van der Waals surface area contributed by atoms with Crippen LogP contribution in [0.3, 0.4) is 0 Å². The number of carbonyl (C=O) groups is 1. The van der Waals surface area contributed by atoms with Crippen LogP contribution in [0.15, 0.2) is 110 Å². The summed E-state index contributed by atoms with van der Waals surface area (Å²) in [6, 6.07) is 8.27. The largest absolute Gasteiger partial charge is 0.335 e. The van der Waals surface area contributed by atoms with Gasteiger partial charge in [0.2, 0.25) is 0 Å². The third-order valence-corrected chi connectivity index (χ3v) is 6.65. The van der Waals surface area contributed by atoms with Crippen molar-refractivity contribution in [3.63, 3.8) is 0 Å². The lowest BCUT2D eigenvalue weighted by Crippen LogP contribution is -2.21. The molecular weight excluding hydrogens is 446 g/mol. The van der Waals surface area contributed by atoms with Crippen LogP contribution in [0.4, 0.5) is 5.69 Å². The Balaban J connectivity index is 0.00000298. The lowest BCUT2D eigenvalue weighted by Gasteiger charge is -2.22. The molecule has 0 atom stereocenters. The summed E-state index contributed by atoms with van der Waals surface area (Å²) < 4.78 is 0. The number of hydrogen-bond donors (Lipinski definition) is 0. The number of para-hydroxylation sites is 1. The standard InChI is InChI=1S/C30H35NOS.C2H6/c1-8-15-23(6)16-14-18-27(32)29(24(7)25(10-3)21-20-22(5)9-2)30-31(11-4)26-17-12-13-19-28(26)33-30;1-2/h8,12-13,15,17-21H,7,9-11H2,1-6H3;1-2H3/b15-8-,22-20-,23-18?,25-21+,30-29+;. The Bertz CT molecular complexity index is 1130. The Morgan fingerprint density at radius 2 is 1.77 bits per heavy atom. The molecule has 0 unspecified atom stereocenters. The van der Waals surface area contributed by atoms with Gasteiger partial charge in [-0.2, -0.15) is 0 Å². The highest BCUT2D eigenvalue weighted by Crippen LogP contribution is 2.48. The number of allylic oxidation sites excluding steroid dienone is 10. The van der Waals surface area contributed by atoms with Gasteiger partial charge in [-0.15, -0.1) is 0 Å². The molecule has 0 bridgehead atoms. The number of anilines is 1. The van der Waals surface area contributed by atoms with Gasteiger partial charge in [0.1, 0.15) is 0 Å². The van der Waals surface area contributed by atoms with Crippen molar-refractivity contribution in [3.05, 3.63) is 106 Å².